The van der Waals surface area contributed by atoms with E-state index in [4.69, 9.17) is 10.2 Å². The fourth-order valence-corrected chi connectivity index (χ4v) is 0.914. The van der Waals surface area contributed by atoms with E-state index in [0.29, 0.717) is 6.54 Å². The van der Waals surface area contributed by atoms with Crippen LogP contribution in [0.3, 0.4) is 0 Å². The summed E-state index contributed by atoms with van der Waals surface area (Å²) in [6.07, 6.45) is -1.49. The number of carbonyl (C=O) groups is 3. The van der Waals surface area contributed by atoms with Gasteiger partial charge in [-0.25, -0.2) is 9.59 Å². The molecule has 0 rings (SSSR count). The first-order chi connectivity index (χ1) is 7.97. The molecule has 0 bridgehead atoms. The highest BCUT2D eigenvalue weighted by Crippen LogP contribution is 1.81. The second-order valence-corrected chi connectivity index (χ2v) is 3.19. The number of rotatable bonds is 7. The van der Waals surface area contributed by atoms with E-state index in [9.17, 15) is 14.4 Å². The summed E-state index contributed by atoms with van der Waals surface area (Å²) >= 11 is 0. The van der Waals surface area contributed by atoms with Gasteiger partial charge in [-0.05, 0) is 6.92 Å². The number of aliphatic carboxylic acids is 1. The molecule has 0 aromatic carbocycles. The predicted octanol–water partition coefficient (Wildman–Crippen LogP) is -1.74. The van der Waals surface area contributed by atoms with Gasteiger partial charge in [0, 0.05) is 19.5 Å². The molecule has 1 unspecified atom stereocenters. The van der Waals surface area contributed by atoms with Gasteiger partial charge in [0.25, 0.3) is 0 Å². The summed E-state index contributed by atoms with van der Waals surface area (Å²) in [5.74, 6) is -1.59. The van der Waals surface area contributed by atoms with Gasteiger partial charge in [-0.15, -0.1) is 0 Å². The Morgan fingerprint density at radius 1 is 1.18 bits per heavy atom. The largest absolute Gasteiger partial charge is 0.479 e. The highest BCUT2D eigenvalue weighted by atomic mass is 16.4. The van der Waals surface area contributed by atoms with Crippen LogP contribution in [0.1, 0.15) is 13.3 Å². The summed E-state index contributed by atoms with van der Waals surface area (Å²) < 4.78 is 0. The first-order valence-electron chi connectivity index (χ1n) is 5.16. The van der Waals surface area contributed by atoms with Crippen molar-refractivity contribution < 1.29 is 24.6 Å². The topological polar surface area (TPSA) is 128 Å². The lowest BCUT2D eigenvalue weighted by molar-refractivity contribution is -0.146. The smallest absolute Gasteiger partial charge is 0.334 e. The van der Waals surface area contributed by atoms with Gasteiger partial charge in [0.2, 0.25) is 5.91 Å². The Morgan fingerprint density at radius 3 is 2.35 bits per heavy atom. The van der Waals surface area contributed by atoms with Crippen molar-refractivity contribution in [2.45, 2.75) is 19.4 Å². The average molecular weight is 247 g/mol. The summed E-state index contributed by atoms with van der Waals surface area (Å²) in [5.41, 5.74) is 0. The van der Waals surface area contributed by atoms with Crippen LogP contribution in [0, 0.1) is 0 Å². The number of hydrogen-bond donors (Lipinski definition) is 5. The summed E-state index contributed by atoms with van der Waals surface area (Å²) in [7, 11) is 0. The molecule has 0 aliphatic carbocycles. The van der Waals surface area contributed by atoms with Crippen molar-refractivity contribution in [3.63, 3.8) is 0 Å². The van der Waals surface area contributed by atoms with Gasteiger partial charge in [-0.3, -0.25) is 4.79 Å². The molecule has 0 spiro atoms. The van der Waals surface area contributed by atoms with Crippen molar-refractivity contribution in [2.75, 3.05) is 19.6 Å². The van der Waals surface area contributed by atoms with Crippen LogP contribution in [0.15, 0.2) is 0 Å². The predicted molar refractivity (Wildman–Crippen MR) is 58.3 cm³/mol. The number of hydrogen-bond acceptors (Lipinski definition) is 4. The van der Waals surface area contributed by atoms with Crippen LogP contribution >= 0.6 is 0 Å². The SMILES string of the molecule is CCNC(=O)CCNC(=O)NCC(O)C(=O)O. The zero-order chi connectivity index (χ0) is 13.3. The Labute approximate surface area is 98.4 Å². The monoisotopic (exact) mass is 247 g/mol. The second kappa shape index (κ2) is 8.34. The van der Waals surface area contributed by atoms with E-state index in [-0.39, 0.29) is 25.4 Å². The molecule has 5 N–H and O–H groups in total. The molecule has 0 heterocycles. The van der Waals surface area contributed by atoms with Crippen molar-refractivity contribution in [3.05, 3.63) is 0 Å². The van der Waals surface area contributed by atoms with Crippen molar-refractivity contribution in [1.82, 2.24) is 16.0 Å². The van der Waals surface area contributed by atoms with Crippen LogP contribution in [0.2, 0.25) is 0 Å². The van der Waals surface area contributed by atoms with Gasteiger partial charge in [0.1, 0.15) is 0 Å². The Hall–Kier alpha value is -1.83. The molecule has 1 atom stereocenters. The van der Waals surface area contributed by atoms with Gasteiger partial charge in [0.05, 0.1) is 6.54 Å². The van der Waals surface area contributed by atoms with Crippen LogP contribution in [0.5, 0.6) is 0 Å². The molecule has 3 amide bonds. The normalized spacial score (nSPS) is 11.4. The molecule has 0 aliphatic heterocycles. The van der Waals surface area contributed by atoms with Gasteiger partial charge in [0.15, 0.2) is 6.10 Å². The van der Waals surface area contributed by atoms with Crippen LogP contribution in [-0.4, -0.2) is 53.9 Å². The van der Waals surface area contributed by atoms with Crippen LogP contribution in [-0.2, 0) is 9.59 Å². The minimum absolute atomic E-state index is 0.140. The van der Waals surface area contributed by atoms with E-state index in [0.717, 1.165) is 0 Å². The molecule has 0 aromatic heterocycles. The van der Waals surface area contributed by atoms with Gasteiger partial charge in [-0.1, -0.05) is 0 Å². The van der Waals surface area contributed by atoms with Crippen LogP contribution < -0.4 is 16.0 Å². The summed E-state index contributed by atoms with van der Waals surface area (Å²) in [6.45, 7) is 2.06. The Kier molecular flexibility index (Phi) is 7.44. The lowest BCUT2D eigenvalue weighted by Crippen LogP contribution is -2.43. The van der Waals surface area contributed by atoms with Crippen molar-refractivity contribution in [3.8, 4) is 0 Å². The first kappa shape index (κ1) is 15.2. The molecule has 98 valence electrons. The third kappa shape index (κ3) is 8.03. The van der Waals surface area contributed by atoms with E-state index < -0.39 is 18.1 Å². The Morgan fingerprint density at radius 2 is 1.82 bits per heavy atom. The summed E-state index contributed by atoms with van der Waals surface area (Å²) in [4.78, 5) is 32.2. The number of carboxylic acids is 1. The van der Waals surface area contributed by atoms with E-state index in [1.54, 1.807) is 6.92 Å². The molecular weight excluding hydrogens is 230 g/mol. The highest BCUT2D eigenvalue weighted by Gasteiger charge is 2.13. The zero-order valence-electron chi connectivity index (χ0n) is 9.52. The van der Waals surface area contributed by atoms with E-state index in [1.807, 2.05) is 0 Å². The lowest BCUT2D eigenvalue weighted by Gasteiger charge is -2.09. The summed E-state index contributed by atoms with van der Waals surface area (Å²) in [6, 6.07) is -0.630. The molecule has 8 nitrogen and oxygen atoms in total. The van der Waals surface area contributed by atoms with E-state index >= 15 is 0 Å². The van der Waals surface area contributed by atoms with Crippen LogP contribution in [0.25, 0.3) is 0 Å². The molecule has 0 aliphatic rings. The summed E-state index contributed by atoms with van der Waals surface area (Å²) in [5, 5.41) is 24.2. The van der Waals surface area contributed by atoms with Crippen molar-refractivity contribution in [2.24, 2.45) is 0 Å². The number of aliphatic hydroxyl groups is 1. The number of carbonyl (C=O) groups excluding carboxylic acids is 2. The highest BCUT2D eigenvalue weighted by molar-refractivity contribution is 5.78. The molecule has 8 heteroatoms. The average Bonchev–Trinajstić information content (AvgIpc) is 2.26. The molecule has 0 radical (unpaired) electrons. The number of nitrogens with one attached hydrogen (secondary N) is 3. The van der Waals surface area contributed by atoms with Crippen LogP contribution in [0.4, 0.5) is 4.79 Å². The second-order valence-electron chi connectivity index (χ2n) is 3.19. The van der Waals surface area contributed by atoms with Gasteiger partial charge in [-0.2, -0.15) is 0 Å². The van der Waals surface area contributed by atoms with Gasteiger partial charge >= 0.3 is 12.0 Å². The van der Waals surface area contributed by atoms with Gasteiger partial charge < -0.3 is 26.2 Å². The maximum Gasteiger partial charge on any atom is 0.334 e. The van der Waals surface area contributed by atoms with Crippen molar-refractivity contribution >= 4 is 17.9 Å². The molecular formula is C9H17N3O5. The number of carboxylic acid groups (broad SMARTS) is 1. The maximum atomic E-state index is 11.1. The third-order valence-electron chi connectivity index (χ3n) is 1.75. The Balaban J connectivity index is 3.60. The minimum atomic E-state index is -1.64. The third-order valence-corrected chi connectivity index (χ3v) is 1.75. The standard InChI is InChI=1S/C9H17N3O5/c1-2-10-7(14)3-4-11-9(17)12-5-6(13)8(15)16/h6,13H,2-5H2,1H3,(H,10,14)(H,15,16)(H2,11,12,17). The van der Waals surface area contributed by atoms with E-state index in [2.05, 4.69) is 16.0 Å². The molecule has 17 heavy (non-hydrogen) atoms. The Bertz CT molecular complexity index is 282. The number of urea groups is 1. The zero-order valence-corrected chi connectivity index (χ0v) is 9.52. The minimum Gasteiger partial charge on any atom is -0.479 e. The fourth-order valence-electron chi connectivity index (χ4n) is 0.914. The van der Waals surface area contributed by atoms with Crippen molar-refractivity contribution in [1.29, 1.82) is 0 Å². The first-order valence-corrected chi connectivity index (χ1v) is 5.16. The molecule has 0 saturated heterocycles. The fraction of sp³-hybridized carbons (Fsp3) is 0.667. The lowest BCUT2D eigenvalue weighted by atomic mass is 10.3. The number of amides is 3. The van der Waals surface area contributed by atoms with E-state index in [1.165, 1.54) is 0 Å². The number of aliphatic hydroxyl groups excluding tert-OH is 1. The molecule has 0 aromatic rings. The molecule has 0 fully saturated rings. The molecule has 0 saturated carbocycles. The quantitative estimate of drug-likeness (QED) is 0.365. The maximum absolute atomic E-state index is 11.1.